The summed E-state index contributed by atoms with van der Waals surface area (Å²) < 4.78 is 5.13. The Balaban J connectivity index is 2.10. The Labute approximate surface area is 118 Å². The zero-order chi connectivity index (χ0) is 13.8. The predicted octanol–water partition coefficient (Wildman–Crippen LogP) is 3.30. The van der Waals surface area contributed by atoms with Gasteiger partial charge in [-0.3, -0.25) is 0 Å². The molecule has 19 heavy (non-hydrogen) atoms. The average molecular weight is 277 g/mol. The SMILES string of the molecule is COc1ccc(CCc2ccc(Cl)cc2N)c(N)c1. The Hall–Kier alpha value is -1.87. The number of methoxy groups -OCH3 is 1. The van der Waals surface area contributed by atoms with Gasteiger partial charge in [0.05, 0.1) is 7.11 Å². The molecule has 0 amide bonds. The van der Waals surface area contributed by atoms with Crippen molar-refractivity contribution in [1.29, 1.82) is 0 Å². The lowest BCUT2D eigenvalue weighted by Crippen LogP contribution is -2.00. The minimum atomic E-state index is 0.658. The second kappa shape index (κ2) is 5.85. The molecule has 4 heteroatoms. The van der Waals surface area contributed by atoms with Gasteiger partial charge in [0.1, 0.15) is 5.75 Å². The number of halogens is 1. The van der Waals surface area contributed by atoms with E-state index in [0.717, 1.165) is 41.1 Å². The second-order valence-electron chi connectivity index (χ2n) is 4.41. The van der Waals surface area contributed by atoms with E-state index in [0.29, 0.717) is 5.02 Å². The Morgan fingerprint density at radius 3 is 2.05 bits per heavy atom. The summed E-state index contributed by atoms with van der Waals surface area (Å²) in [5.41, 5.74) is 15.6. The normalized spacial score (nSPS) is 10.4. The molecule has 0 heterocycles. The van der Waals surface area contributed by atoms with Gasteiger partial charge in [0.15, 0.2) is 0 Å². The summed E-state index contributed by atoms with van der Waals surface area (Å²) in [5.74, 6) is 0.771. The number of nitrogen functional groups attached to an aromatic ring is 2. The first-order valence-electron chi connectivity index (χ1n) is 6.06. The first-order valence-corrected chi connectivity index (χ1v) is 6.44. The van der Waals surface area contributed by atoms with Crippen LogP contribution in [0.1, 0.15) is 11.1 Å². The summed E-state index contributed by atoms with van der Waals surface area (Å²) in [5, 5.41) is 0.658. The maximum absolute atomic E-state index is 5.99. The molecule has 3 nitrogen and oxygen atoms in total. The van der Waals surface area contributed by atoms with Crippen LogP contribution in [0.25, 0.3) is 0 Å². The van der Waals surface area contributed by atoms with Gasteiger partial charge in [0, 0.05) is 22.5 Å². The van der Waals surface area contributed by atoms with E-state index in [2.05, 4.69) is 0 Å². The Kier molecular flexibility index (Phi) is 4.17. The van der Waals surface area contributed by atoms with E-state index in [1.807, 2.05) is 30.3 Å². The standard InChI is InChI=1S/C15H17ClN2O/c1-19-13-7-5-11(15(18)9-13)3-2-10-4-6-12(16)8-14(10)17/h4-9H,2-3,17-18H2,1H3. The number of benzene rings is 2. The van der Waals surface area contributed by atoms with Crippen LogP contribution in [0, 0.1) is 0 Å². The fourth-order valence-corrected chi connectivity index (χ4v) is 2.17. The molecule has 0 saturated heterocycles. The van der Waals surface area contributed by atoms with E-state index in [9.17, 15) is 0 Å². The third kappa shape index (κ3) is 3.32. The minimum Gasteiger partial charge on any atom is -0.497 e. The summed E-state index contributed by atoms with van der Waals surface area (Å²) in [6.45, 7) is 0. The Bertz CT molecular complexity index is 584. The third-order valence-corrected chi connectivity index (χ3v) is 3.36. The van der Waals surface area contributed by atoms with Crippen molar-refractivity contribution >= 4 is 23.0 Å². The van der Waals surface area contributed by atoms with Crippen LogP contribution in [0.5, 0.6) is 5.75 Å². The Morgan fingerprint density at radius 2 is 1.53 bits per heavy atom. The van der Waals surface area contributed by atoms with E-state index < -0.39 is 0 Å². The zero-order valence-electron chi connectivity index (χ0n) is 10.8. The van der Waals surface area contributed by atoms with Crippen LogP contribution >= 0.6 is 11.6 Å². The molecule has 2 rings (SSSR count). The molecule has 0 bridgehead atoms. The van der Waals surface area contributed by atoms with Crippen molar-refractivity contribution in [2.24, 2.45) is 0 Å². The molecule has 0 unspecified atom stereocenters. The van der Waals surface area contributed by atoms with Crippen molar-refractivity contribution in [1.82, 2.24) is 0 Å². The van der Waals surface area contributed by atoms with Crippen LogP contribution in [-0.4, -0.2) is 7.11 Å². The van der Waals surface area contributed by atoms with E-state index >= 15 is 0 Å². The predicted molar refractivity (Wildman–Crippen MR) is 80.7 cm³/mol. The smallest absolute Gasteiger partial charge is 0.120 e. The van der Waals surface area contributed by atoms with Crippen molar-refractivity contribution in [2.75, 3.05) is 18.6 Å². The summed E-state index contributed by atoms with van der Waals surface area (Å²) in [6, 6.07) is 11.3. The second-order valence-corrected chi connectivity index (χ2v) is 4.84. The molecule has 0 atom stereocenters. The van der Waals surface area contributed by atoms with Gasteiger partial charge < -0.3 is 16.2 Å². The minimum absolute atomic E-state index is 0.658. The molecule has 2 aromatic rings. The van der Waals surface area contributed by atoms with Crippen molar-refractivity contribution in [3.05, 3.63) is 52.5 Å². The van der Waals surface area contributed by atoms with Crippen molar-refractivity contribution < 1.29 is 4.74 Å². The maximum atomic E-state index is 5.99. The van der Waals surface area contributed by atoms with E-state index in [-0.39, 0.29) is 0 Å². The molecule has 4 N–H and O–H groups in total. The molecule has 0 aliphatic carbocycles. The summed E-state index contributed by atoms with van der Waals surface area (Å²) in [6.07, 6.45) is 1.67. The zero-order valence-corrected chi connectivity index (χ0v) is 11.6. The number of anilines is 2. The largest absolute Gasteiger partial charge is 0.497 e. The first-order chi connectivity index (χ1) is 9.10. The van der Waals surface area contributed by atoms with Crippen molar-refractivity contribution in [2.45, 2.75) is 12.8 Å². The van der Waals surface area contributed by atoms with Gasteiger partial charge in [-0.15, -0.1) is 0 Å². The van der Waals surface area contributed by atoms with Gasteiger partial charge in [-0.05, 0) is 42.2 Å². The van der Waals surface area contributed by atoms with E-state index in [1.165, 1.54) is 0 Å². The van der Waals surface area contributed by atoms with Gasteiger partial charge in [-0.1, -0.05) is 23.7 Å². The molecule has 0 aromatic heterocycles. The number of aryl methyl sites for hydroxylation is 2. The lowest BCUT2D eigenvalue weighted by molar-refractivity contribution is 0.415. The number of nitrogens with two attached hydrogens (primary N) is 2. The molecule has 100 valence electrons. The molecule has 0 aliphatic heterocycles. The average Bonchev–Trinajstić information content (AvgIpc) is 2.39. The quantitative estimate of drug-likeness (QED) is 0.843. The lowest BCUT2D eigenvalue weighted by Gasteiger charge is -2.09. The molecule has 0 radical (unpaired) electrons. The van der Waals surface area contributed by atoms with Crippen molar-refractivity contribution in [3.8, 4) is 5.75 Å². The molecule has 2 aromatic carbocycles. The van der Waals surface area contributed by atoms with Gasteiger partial charge in [0.2, 0.25) is 0 Å². The molecule has 0 fully saturated rings. The highest BCUT2D eigenvalue weighted by Crippen LogP contribution is 2.23. The molecule has 0 aliphatic rings. The lowest BCUT2D eigenvalue weighted by atomic mass is 10.0. The molecular formula is C15H17ClN2O. The number of ether oxygens (including phenoxy) is 1. The summed E-state index contributed by atoms with van der Waals surface area (Å²) in [4.78, 5) is 0. The van der Waals surface area contributed by atoms with E-state index in [1.54, 1.807) is 13.2 Å². The topological polar surface area (TPSA) is 61.3 Å². The van der Waals surface area contributed by atoms with Crippen LogP contribution in [0.4, 0.5) is 11.4 Å². The van der Waals surface area contributed by atoms with Gasteiger partial charge in [0.25, 0.3) is 0 Å². The van der Waals surface area contributed by atoms with Gasteiger partial charge >= 0.3 is 0 Å². The van der Waals surface area contributed by atoms with Crippen LogP contribution in [-0.2, 0) is 12.8 Å². The molecule has 0 saturated carbocycles. The van der Waals surface area contributed by atoms with Gasteiger partial charge in [-0.25, -0.2) is 0 Å². The molecular weight excluding hydrogens is 260 g/mol. The fraction of sp³-hybridized carbons (Fsp3) is 0.200. The number of hydrogen-bond donors (Lipinski definition) is 2. The highest BCUT2D eigenvalue weighted by atomic mass is 35.5. The fourth-order valence-electron chi connectivity index (χ4n) is 1.99. The van der Waals surface area contributed by atoms with Crippen LogP contribution in [0.2, 0.25) is 5.02 Å². The monoisotopic (exact) mass is 276 g/mol. The molecule has 0 spiro atoms. The Morgan fingerprint density at radius 1 is 0.947 bits per heavy atom. The summed E-state index contributed by atoms with van der Waals surface area (Å²) >= 11 is 5.88. The summed E-state index contributed by atoms with van der Waals surface area (Å²) in [7, 11) is 1.63. The third-order valence-electron chi connectivity index (χ3n) is 3.12. The highest BCUT2D eigenvalue weighted by molar-refractivity contribution is 6.30. The van der Waals surface area contributed by atoms with Gasteiger partial charge in [-0.2, -0.15) is 0 Å². The van der Waals surface area contributed by atoms with Crippen LogP contribution in [0.3, 0.4) is 0 Å². The number of rotatable bonds is 4. The van der Waals surface area contributed by atoms with Crippen LogP contribution < -0.4 is 16.2 Å². The first kappa shape index (κ1) is 13.6. The highest BCUT2D eigenvalue weighted by Gasteiger charge is 2.04. The maximum Gasteiger partial charge on any atom is 0.120 e. The van der Waals surface area contributed by atoms with Crippen LogP contribution in [0.15, 0.2) is 36.4 Å². The number of hydrogen-bond acceptors (Lipinski definition) is 3. The van der Waals surface area contributed by atoms with E-state index in [4.69, 9.17) is 27.8 Å². The van der Waals surface area contributed by atoms with Crippen molar-refractivity contribution in [3.63, 3.8) is 0 Å².